The van der Waals surface area contributed by atoms with Crippen LogP contribution in [0.3, 0.4) is 0 Å². The van der Waals surface area contributed by atoms with Crippen molar-refractivity contribution in [2.75, 3.05) is 24.5 Å². The number of benzene rings is 3. The van der Waals surface area contributed by atoms with Crippen molar-refractivity contribution in [3.05, 3.63) is 78.6 Å². The summed E-state index contributed by atoms with van der Waals surface area (Å²) in [5.74, 6) is 1.52. The van der Waals surface area contributed by atoms with Crippen LogP contribution in [-0.4, -0.2) is 41.9 Å². The standard InChI is InChI=1S/C25H21FN4O2/c26-18-7-11-21(12-8-18)32-20-9-5-17(6-10-20)24-22-3-1-2-4-23(22)28-25(29-24)30-14-13-27-19(15-30)16-31/h1-12,16,19,27H,13-15H2. The van der Waals surface area contributed by atoms with E-state index in [0.717, 1.165) is 35.0 Å². The Morgan fingerprint density at radius 1 is 0.969 bits per heavy atom. The molecule has 0 aliphatic carbocycles. The number of ether oxygens (including phenoxy) is 1. The Labute approximate surface area is 184 Å². The Kier molecular flexibility index (Phi) is 5.47. The second kappa shape index (κ2) is 8.72. The van der Waals surface area contributed by atoms with Crippen molar-refractivity contribution < 1.29 is 13.9 Å². The summed E-state index contributed by atoms with van der Waals surface area (Å²) in [7, 11) is 0. The molecule has 2 heterocycles. The summed E-state index contributed by atoms with van der Waals surface area (Å²) < 4.78 is 18.9. The average Bonchev–Trinajstić information content (AvgIpc) is 2.85. The minimum atomic E-state index is -0.303. The number of anilines is 1. The van der Waals surface area contributed by atoms with Crippen LogP contribution in [0, 0.1) is 5.82 Å². The number of carbonyl (C=O) groups is 1. The third-order valence-corrected chi connectivity index (χ3v) is 5.42. The van der Waals surface area contributed by atoms with Crippen LogP contribution in [0.5, 0.6) is 11.5 Å². The molecule has 0 bridgehead atoms. The van der Waals surface area contributed by atoms with Gasteiger partial charge in [-0.3, -0.25) is 0 Å². The predicted molar refractivity (Wildman–Crippen MR) is 122 cm³/mol. The molecule has 1 unspecified atom stereocenters. The first kappa shape index (κ1) is 20.1. The van der Waals surface area contributed by atoms with Crippen molar-refractivity contribution in [1.29, 1.82) is 0 Å². The molecule has 1 aromatic heterocycles. The number of fused-ring (bicyclic) bond motifs is 1. The van der Waals surface area contributed by atoms with Gasteiger partial charge in [0.1, 0.15) is 23.6 Å². The normalized spacial score (nSPS) is 16.2. The van der Waals surface area contributed by atoms with Gasteiger partial charge in [0.2, 0.25) is 5.95 Å². The van der Waals surface area contributed by atoms with Crippen LogP contribution >= 0.6 is 0 Å². The minimum absolute atomic E-state index is 0.231. The van der Waals surface area contributed by atoms with Crippen molar-refractivity contribution >= 4 is 23.1 Å². The summed E-state index contributed by atoms with van der Waals surface area (Å²) in [4.78, 5) is 22.9. The molecule has 7 heteroatoms. The third-order valence-electron chi connectivity index (χ3n) is 5.42. The van der Waals surface area contributed by atoms with Crippen LogP contribution in [0.1, 0.15) is 0 Å². The van der Waals surface area contributed by atoms with E-state index in [-0.39, 0.29) is 11.9 Å². The number of piperazine rings is 1. The summed E-state index contributed by atoms with van der Waals surface area (Å²) in [5, 5.41) is 4.13. The van der Waals surface area contributed by atoms with Crippen LogP contribution in [0.15, 0.2) is 72.8 Å². The van der Waals surface area contributed by atoms with E-state index in [9.17, 15) is 9.18 Å². The first-order chi connectivity index (χ1) is 15.7. The fourth-order valence-corrected chi connectivity index (χ4v) is 3.80. The molecule has 5 rings (SSSR count). The molecule has 1 saturated heterocycles. The number of rotatable bonds is 5. The molecule has 1 atom stereocenters. The first-order valence-electron chi connectivity index (χ1n) is 10.4. The Hall–Kier alpha value is -3.84. The van der Waals surface area contributed by atoms with Crippen molar-refractivity contribution in [1.82, 2.24) is 15.3 Å². The molecule has 4 aromatic rings. The number of halogens is 1. The molecular formula is C25H21FN4O2. The van der Waals surface area contributed by atoms with Gasteiger partial charge in [0.25, 0.3) is 0 Å². The van der Waals surface area contributed by atoms with Gasteiger partial charge < -0.3 is 19.7 Å². The van der Waals surface area contributed by atoms with E-state index < -0.39 is 0 Å². The van der Waals surface area contributed by atoms with E-state index in [1.54, 1.807) is 12.1 Å². The molecule has 0 radical (unpaired) electrons. The van der Waals surface area contributed by atoms with Gasteiger partial charge in [-0.15, -0.1) is 0 Å². The highest BCUT2D eigenvalue weighted by atomic mass is 19.1. The minimum Gasteiger partial charge on any atom is -0.457 e. The summed E-state index contributed by atoms with van der Waals surface area (Å²) >= 11 is 0. The van der Waals surface area contributed by atoms with Gasteiger partial charge in [-0.05, 0) is 54.6 Å². The predicted octanol–water partition coefficient (Wildman–Crippen LogP) is 4.21. The monoisotopic (exact) mass is 428 g/mol. The average molecular weight is 428 g/mol. The van der Waals surface area contributed by atoms with E-state index in [0.29, 0.717) is 30.5 Å². The Morgan fingerprint density at radius 3 is 2.44 bits per heavy atom. The van der Waals surface area contributed by atoms with Crippen molar-refractivity contribution in [2.24, 2.45) is 0 Å². The van der Waals surface area contributed by atoms with E-state index in [1.807, 2.05) is 53.4 Å². The van der Waals surface area contributed by atoms with E-state index in [2.05, 4.69) is 5.32 Å². The van der Waals surface area contributed by atoms with Gasteiger partial charge in [-0.1, -0.05) is 18.2 Å². The number of hydrogen-bond acceptors (Lipinski definition) is 6. The molecule has 32 heavy (non-hydrogen) atoms. The van der Waals surface area contributed by atoms with Crippen LogP contribution < -0.4 is 15.0 Å². The lowest BCUT2D eigenvalue weighted by Crippen LogP contribution is -2.52. The van der Waals surface area contributed by atoms with E-state index in [1.165, 1.54) is 12.1 Å². The number of nitrogens with zero attached hydrogens (tertiary/aromatic N) is 3. The van der Waals surface area contributed by atoms with Crippen LogP contribution in [0.25, 0.3) is 22.2 Å². The molecule has 1 aliphatic heterocycles. The fraction of sp³-hybridized carbons (Fsp3) is 0.160. The molecule has 160 valence electrons. The van der Waals surface area contributed by atoms with Crippen LogP contribution in [0.4, 0.5) is 10.3 Å². The molecule has 1 N–H and O–H groups in total. The summed E-state index contributed by atoms with van der Waals surface area (Å²) in [6, 6.07) is 21.2. The van der Waals surface area contributed by atoms with Gasteiger partial charge in [0.05, 0.1) is 17.3 Å². The zero-order valence-electron chi connectivity index (χ0n) is 17.2. The highest BCUT2D eigenvalue weighted by Crippen LogP contribution is 2.31. The highest BCUT2D eigenvalue weighted by molar-refractivity contribution is 5.93. The Balaban J connectivity index is 1.48. The van der Waals surface area contributed by atoms with Crippen molar-refractivity contribution in [3.63, 3.8) is 0 Å². The van der Waals surface area contributed by atoms with E-state index >= 15 is 0 Å². The maximum Gasteiger partial charge on any atom is 0.226 e. The molecule has 3 aromatic carbocycles. The number of para-hydroxylation sites is 1. The molecule has 1 fully saturated rings. The molecule has 0 amide bonds. The van der Waals surface area contributed by atoms with Crippen LogP contribution in [-0.2, 0) is 4.79 Å². The zero-order chi connectivity index (χ0) is 21.9. The van der Waals surface area contributed by atoms with E-state index in [4.69, 9.17) is 14.7 Å². The highest BCUT2D eigenvalue weighted by Gasteiger charge is 2.22. The maximum absolute atomic E-state index is 13.1. The molecule has 0 spiro atoms. The quantitative estimate of drug-likeness (QED) is 0.481. The Morgan fingerprint density at radius 2 is 1.69 bits per heavy atom. The number of carbonyl (C=O) groups excluding carboxylic acids is 1. The number of hydrogen-bond donors (Lipinski definition) is 1. The summed E-state index contributed by atoms with van der Waals surface area (Å²) in [6.07, 6.45) is 0.925. The van der Waals surface area contributed by atoms with Gasteiger partial charge in [-0.2, -0.15) is 0 Å². The second-order valence-electron chi connectivity index (χ2n) is 7.61. The number of aldehydes is 1. The SMILES string of the molecule is O=CC1CN(c2nc(-c3ccc(Oc4ccc(F)cc4)cc3)c3ccccc3n2)CCN1. The molecular weight excluding hydrogens is 407 g/mol. The summed E-state index contributed by atoms with van der Waals surface area (Å²) in [6.45, 7) is 1.96. The second-order valence-corrected chi connectivity index (χ2v) is 7.61. The van der Waals surface area contributed by atoms with Gasteiger partial charge in [0.15, 0.2) is 0 Å². The first-order valence-corrected chi connectivity index (χ1v) is 10.4. The lowest BCUT2D eigenvalue weighted by Gasteiger charge is -2.31. The number of nitrogens with one attached hydrogen (secondary N) is 1. The number of aromatic nitrogens is 2. The van der Waals surface area contributed by atoms with Crippen LogP contribution in [0.2, 0.25) is 0 Å². The fourth-order valence-electron chi connectivity index (χ4n) is 3.80. The van der Waals surface area contributed by atoms with Crippen molar-refractivity contribution in [2.45, 2.75) is 6.04 Å². The van der Waals surface area contributed by atoms with Crippen molar-refractivity contribution in [3.8, 4) is 22.8 Å². The van der Waals surface area contributed by atoms with Gasteiger partial charge in [0, 0.05) is 30.6 Å². The Bertz CT molecular complexity index is 1250. The smallest absolute Gasteiger partial charge is 0.226 e. The molecule has 1 aliphatic rings. The molecule has 6 nitrogen and oxygen atoms in total. The zero-order valence-corrected chi connectivity index (χ0v) is 17.2. The topological polar surface area (TPSA) is 67.4 Å². The maximum atomic E-state index is 13.1. The molecule has 0 saturated carbocycles. The van der Waals surface area contributed by atoms with Gasteiger partial charge >= 0.3 is 0 Å². The lowest BCUT2D eigenvalue weighted by atomic mass is 10.1. The third kappa shape index (κ3) is 4.15. The summed E-state index contributed by atoms with van der Waals surface area (Å²) in [5.41, 5.74) is 2.60. The van der Waals surface area contributed by atoms with Gasteiger partial charge in [-0.25, -0.2) is 14.4 Å². The largest absolute Gasteiger partial charge is 0.457 e. The lowest BCUT2D eigenvalue weighted by molar-refractivity contribution is -0.109.